The minimum atomic E-state index is -1.18. The van der Waals surface area contributed by atoms with Crippen LogP contribution in [0.1, 0.15) is 108 Å². The van der Waals surface area contributed by atoms with Crippen LogP contribution in [-0.4, -0.2) is 74.6 Å². The molecule has 0 radical (unpaired) electrons. The molecular formula is C40H53FN4O6. The van der Waals surface area contributed by atoms with Crippen molar-refractivity contribution in [3.8, 4) is 0 Å². The molecule has 0 bridgehead atoms. The first-order chi connectivity index (χ1) is 24.2. The van der Waals surface area contributed by atoms with E-state index in [2.05, 4.69) is 15.3 Å². The Balaban J connectivity index is 1.52. The summed E-state index contributed by atoms with van der Waals surface area (Å²) < 4.78 is 15.2. The normalized spacial score (nSPS) is 22.3. The molecule has 1 aliphatic heterocycles. The van der Waals surface area contributed by atoms with Crippen LogP contribution in [0.5, 0.6) is 0 Å². The molecule has 2 fully saturated rings. The fraction of sp³-hybridized carbons (Fsp3) is 0.600. The molecule has 1 saturated carbocycles. The summed E-state index contributed by atoms with van der Waals surface area (Å²) in [6.07, 6.45) is 4.32. The highest BCUT2D eigenvalue weighted by Gasteiger charge is 2.54. The van der Waals surface area contributed by atoms with E-state index in [0.29, 0.717) is 19.3 Å². The lowest BCUT2D eigenvalue weighted by Crippen LogP contribution is -2.56. The predicted octanol–water partition coefficient (Wildman–Crippen LogP) is 5.75. The van der Waals surface area contributed by atoms with Crippen LogP contribution >= 0.6 is 0 Å². The minimum absolute atomic E-state index is 0.0248. The lowest BCUT2D eigenvalue weighted by atomic mass is 9.83. The molecule has 1 saturated heterocycles. The van der Waals surface area contributed by atoms with Gasteiger partial charge in [0.15, 0.2) is 17.3 Å². The number of Topliss-reactive ketones (excluding diaryl/α,β-unsaturated/α-hetero) is 4. The molecule has 2 aromatic rings. The molecule has 11 heteroatoms. The summed E-state index contributed by atoms with van der Waals surface area (Å²) in [5.41, 5.74) is 1.09. The first kappa shape index (κ1) is 39.6. The van der Waals surface area contributed by atoms with Gasteiger partial charge in [-0.15, -0.1) is 0 Å². The maximum absolute atomic E-state index is 15.2. The van der Waals surface area contributed by atoms with Gasteiger partial charge in [-0.05, 0) is 48.5 Å². The lowest BCUT2D eigenvalue weighted by Gasteiger charge is -2.33. The van der Waals surface area contributed by atoms with Crippen LogP contribution in [0.3, 0.4) is 0 Å². The van der Waals surface area contributed by atoms with Gasteiger partial charge in [-0.25, -0.2) is 9.37 Å². The molecule has 0 spiro atoms. The van der Waals surface area contributed by atoms with E-state index in [1.807, 2.05) is 58.0 Å². The number of carbonyl (C=O) groups is 6. The zero-order chi connectivity index (χ0) is 37.4. The van der Waals surface area contributed by atoms with Crippen molar-refractivity contribution in [1.29, 1.82) is 0 Å². The average Bonchev–Trinajstić information content (AvgIpc) is 3.68. The number of rotatable bonds is 18. The molecule has 51 heavy (non-hydrogen) atoms. The number of nitrogens with one attached hydrogen (secondary N) is 1. The van der Waals surface area contributed by atoms with Gasteiger partial charge in [0.05, 0.1) is 12.2 Å². The monoisotopic (exact) mass is 704 g/mol. The van der Waals surface area contributed by atoms with Crippen LogP contribution in [0, 0.1) is 35.5 Å². The molecule has 1 aromatic heterocycles. The molecule has 2 aliphatic rings. The third-order valence-electron chi connectivity index (χ3n) is 10.8. The van der Waals surface area contributed by atoms with Crippen LogP contribution in [0.25, 0.3) is 0 Å². The maximum atomic E-state index is 15.2. The number of amides is 2. The third-order valence-corrected chi connectivity index (χ3v) is 10.8. The van der Waals surface area contributed by atoms with Crippen LogP contribution in [-0.2, 0) is 24.0 Å². The molecule has 1 aliphatic carbocycles. The predicted molar refractivity (Wildman–Crippen MR) is 190 cm³/mol. The summed E-state index contributed by atoms with van der Waals surface area (Å²) in [4.78, 5) is 91.4. The molecule has 276 valence electrons. The van der Waals surface area contributed by atoms with Crippen molar-refractivity contribution in [3.05, 3.63) is 60.2 Å². The van der Waals surface area contributed by atoms with Crippen molar-refractivity contribution in [2.75, 3.05) is 6.54 Å². The van der Waals surface area contributed by atoms with Gasteiger partial charge in [0, 0.05) is 56.0 Å². The fourth-order valence-corrected chi connectivity index (χ4v) is 7.78. The highest BCUT2D eigenvalue weighted by atomic mass is 19.1. The van der Waals surface area contributed by atoms with E-state index in [1.54, 1.807) is 13.8 Å². The number of ketones is 4. The summed E-state index contributed by atoms with van der Waals surface area (Å²) in [5, 5.41) is 2.87. The number of hydrogen-bond donors (Lipinski definition) is 1. The molecule has 1 unspecified atom stereocenters. The number of halogens is 1. The summed E-state index contributed by atoms with van der Waals surface area (Å²) in [6.45, 7) is 11.0. The molecule has 8 atom stereocenters. The van der Waals surface area contributed by atoms with Gasteiger partial charge in [-0.1, -0.05) is 78.3 Å². The molecule has 1 aromatic carbocycles. The van der Waals surface area contributed by atoms with E-state index < -0.39 is 65.3 Å². The third kappa shape index (κ3) is 9.60. The number of benzene rings is 1. The number of nitrogens with zero attached hydrogens (tertiary/aromatic N) is 3. The summed E-state index contributed by atoms with van der Waals surface area (Å²) in [5.74, 6) is -6.14. The van der Waals surface area contributed by atoms with Gasteiger partial charge >= 0.3 is 0 Å². The van der Waals surface area contributed by atoms with Gasteiger partial charge in [-0.3, -0.25) is 33.8 Å². The molecular weight excluding hydrogens is 651 g/mol. The Morgan fingerprint density at radius 1 is 0.902 bits per heavy atom. The second-order valence-corrected chi connectivity index (χ2v) is 15.1. The molecule has 2 heterocycles. The lowest BCUT2D eigenvalue weighted by molar-refractivity contribution is -0.144. The quantitative estimate of drug-likeness (QED) is 0.153. The van der Waals surface area contributed by atoms with E-state index in [1.165, 1.54) is 23.5 Å². The minimum Gasteiger partial charge on any atom is -0.344 e. The van der Waals surface area contributed by atoms with Gasteiger partial charge in [0.2, 0.25) is 17.6 Å². The molecule has 2 amide bonds. The van der Waals surface area contributed by atoms with Crippen LogP contribution < -0.4 is 5.32 Å². The first-order valence-electron chi connectivity index (χ1n) is 18.4. The van der Waals surface area contributed by atoms with Crippen LogP contribution in [0.2, 0.25) is 0 Å². The Hall–Kier alpha value is -4.15. The Morgan fingerprint density at radius 2 is 1.61 bits per heavy atom. The Morgan fingerprint density at radius 3 is 2.22 bits per heavy atom. The maximum Gasteiger partial charge on any atom is 0.246 e. The standard InChI is InChI=1S/C40H53FN4O6/c1-7-11-27(38(49)35(48)18-25(6)26-12-9-8-10-13-26)19-34(47)37-28-14-15-31(41)30(28)22-45(37)40(51)36(24(4)5)44-39(50)29(23(2)3)20-33(46)32-21-42-16-17-43-32/h8-10,12-13,16-17,21,23-25,27-31,36-37H,7,11,14-15,18-20,22H2,1-6H3,(H,44,50)/t25-,27?,28-,29+,30-,31-,36-,37-/m0/s1. The van der Waals surface area contributed by atoms with Crippen molar-refractivity contribution in [2.45, 2.75) is 111 Å². The fourth-order valence-electron chi connectivity index (χ4n) is 7.78. The summed E-state index contributed by atoms with van der Waals surface area (Å²) in [6, 6.07) is 7.46. The molecule has 4 rings (SSSR count). The molecule has 1 N–H and O–H groups in total. The Labute approximate surface area is 300 Å². The van der Waals surface area contributed by atoms with Gasteiger partial charge in [-0.2, -0.15) is 0 Å². The first-order valence-corrected chi connectivity index (χ1v) is 18.4. The molecule has 10 nitrogen and oxygen atoms in total. The van der Waals surface area contributed by atoms with E-state index in [9.17, 15) is 28.8 Å². The number of likely N-dealkylation sites (tertiary alicyclic amines) is 1. The summed E-state index contributed by atoms with van der Waals surface area (Å²) >= 11 is 0. The smallest absolute Gasteiger partial charge is 0.246 e. The van der Waals surface area contributed by atoms with E-state index >= 15 is 4.39 Å². The number of fused-ring (bicyclic) bond motifs is 1. The van der Waals surface area contributed by atoms with Crippen molar-refractivity contribution in [2.24, 2.45) is 35.5 Å². The zero-order valence-electron chi connectivity index (χ0n) is 30.7. The topological polar surface area (TPSA) is 143 Å². The SMILES string of the molecule is CCCC(CC(=O)[C@@H]1[C@H]2CC[C@H](F)[C@H]2CN1C(=O)[C@@H](NC(=O)[C@H](CC(=O)c1cnccn1)C(C)C)C(C)C)C(=O)C(=O)C[C@H](C)c1ccccc1. The van der Waals surface area contributed by atoms with Gasteiger partial charge in [0.1, 0.15) is 17.9 Å². The highest BCUT2D eigenvalue weighted by Crippen LogP contribution is 2.45. The summed E-state index contributed by atoms with van der Waals surface area (Å²) in [7, 11) is 0. The Kier molecular flexibility index (Phi) is 13.9. The van der Waals surface area contributed by atoms with E-state index in [-0.39, 0.29) is 67.2 Å². The number of aromatic nitrogens is 2. The van der Waals surface area contributed by atoms with E-state index in [4.69, 9.17) is 0 Å². The van der Waals surface area contributed by atoms with Crippen LogP contribution in [0.15, 0.2) is 48.9 Å². The second kappa shape index (κ2) is 17.9. The van der Waals surface area contributed by atoms with Crippen molar-refractivity contribution < 1.29 is 33.2 Å². The number of hydrogen-bond acceptors (Lipinski definition) is 8. The number of carbonyl (C=O) groups excluding carboxylic acids is 6. The number of alkyl halides is 1. The van der Waals surface area contributed by atoms with E-state index in [0.717, 1.165) is 5.56 Å². The van der Waals surface area contributed by atoms with Crippen molar-refractivity contribution >= 4 is 34.9 Å². The largest absolute Gasteiger partial charge is 0.344 e. The van der Waals surface area contributed by atoms with Crippen molar-refractivity contribution in [3.63, 3.8) is 0 Å². The van der Waals surface area contributed by atoms with Crippen molar-refractivity contribution in [1.82, 2.24) is 20.2 Å². The van der Waals surface area contributed by atoms with Crippen LogP contribution in [0.4, 0.5) is 4.39 Å². The average molecular weight is 705 g/mol. The highest BCUT2D eigenvalue weighted by molar-refractivity contribution is 6.38. The van der Waals surface area contributed by atoms with Gasteiger partial charge in [0.25, 0.3) is 0 Å². The van der Waals surface area contributed by atoms with Gasteiger partial charge < -0.3 is 10.2 Å². The second-order valence-electron chi connectivity index (χ2n) is 15.1. The zero-order valence-corrected chi connectivity index (χ0v) is 30.7. The Bertz CT molecular complexity index is 1550.